The van der Waals surface area contributed by atoms with E-state index in [-0.39, 0.29) is 40.8 Å². The fourth-order valence-electron chi connectivity index (χ4n) is 6.75. The van der Waals surface area contributed by atoms with Crippen molar-refractivity contribution >= 4 is 28.1 Å². The van der Waals surface area contributed by atoms with E-state index in [1.165, 1.54) is 17.0 Å². The third-order valence-corrected chi connectivity index (χ3v) is 9.85. The highest BCUT2D eigenvalue weighted by atomic mass is 32.1. The van der Waals surface area contributed by atoms with Crippen LogP contribution in [0, 0.1) is 29.0 Å². The molecular formula is C27H37FN4O2S. The van der Waals surface area contributed by atoms with Crippen LogP contribution in [0.1, 0.15) is 50.1 Å². The molecule has 0 radical (unpaired) electrons. The minimum Gasteiger partial charge on any atom is -0.392 e. The lowest BCUT2D eigenvalue weighted by molar-refractivity contribution is -0.146. The van der Waals surface area contributed by atoms with E-state index in [9.17, 15) is 14.3 Å². The zero-order chi connectivity index (χ0) is 24.9. The van der Waals surface area contributed by atoms with Gasteiger partial charge in [-0.05, 0) is 67.8 Å². The molecule has 8 heteroatoms. The third-order valence-electron chi connectivity index (χ3n) is 8.86. The first-order chi connectivity index (χ1) is 16.7. The molecule has 0 bridgehead atoms. The number of nitrogens with one attached hydrogen (secondary N) is 1. The monoisotopic (exact) mass is 500 g/mol. The summed E-state index contributed by atoms with van der Waals surface area (Å²) in [5, 5.41) is 15.8. The average molecular weight is 501 g/mol. The molecule has 1 saturated carbocycles. The number of aromatic nitrogens is 1. The number of hydrogen-bond acceptors (Lipinski definition) is 6. The van der Waals surface area contributed by atoms with Crippen LogP contribution >= 0.6 is 11.3 Å². The SMILES string of the molecule is C[C@H](C(=O)N1CCN(C)CC1)[C@@H]1CC[C@@]2(C)Cc3sc(Nc4ccc(F)cc4)nc3[C@@H](C)[C@@H]2[C@H]1O. The summed E-state index contributed by atoms with van der Waals surface area (Å²) in [5.41, 5.74) is 1.85. The maximum Gasteiger partial charge on any atom is 0.225 e. The molecule has 1 aliphatic heterocycles. The Hall–Kier alpha value is -2.03. The van der Waals surface area contributed by atoms with Gasteiger partial charge in [0.25, 0.3) is 0 Å². The number of carbonyl (C=O) groups is 1. The number of piperazine rings is 1. The van der Waals surface area contributed by atoms with Crippen molar-refractivity contribution in [2.45, 2.75) is 52.1 Å². The van der Waals surface area contributed by atoms with Gasteiger partial charge in [0.15, 0.2) is 5.13 Å². The number of amides is 1. The standard InChI is InChI=1S/C27H37FN4O2S/c1-16(25(34)32-13-11-31(4)12-14-32)20-9-10-27(3)15-21-23(17(2)22(27)24(20)33)30-26(35-21)29-19-7-5-18(28)6-8-19/h5-8,16-17,20,22,24,33H,9-15H2,1-4H3,(H,29,30)/t16-,17-,20-,22+,24-,27-/m0/s1. The van der Waals surface area contributed by atoms with Crippen LogP contribution in [-0.2, 0) is 11.2 Å². The maximum absolute atomic E-state index is 13.3. The van der Waals surface area contributed by atoms with E-state index >= 15 is 0 Å². The Balaban J connectivity index is 1.33. The van der Waals surface area contributed by atoms with E-state index in [0.717, 1.165) is 62.0 Å². The number of likely N-dealkylation sites (N-methyl/N-ethyl adjacent to an activating group) is 1. The molecule has 2 N–H and O–H groups in total. The molecular weight excluding hydrogens is 463 g/mol. The molecule has 2 heterocycles. The van der Waals surface area contributed by atoms with Gasteiger partial charge in [-0.2, -0.15) is 0 Å². The molecule has 1 aromatic heterocycles. The van der Waals surface area contributed by atoms with E-state index in [1.807, 2.05) is 11.8 Å². The molecule has 0 spiro atoms. The lowest BCUT2D eigenvalue weighted by Crippen LogP contribution is -2.55. The zero-order valence-electron chi connectivity index (χ0n) is 21.1. The predicted molar refractivity (Wildman–Crippen MR) is 137 cm³/mol. The predicted octanol–water partition coefficient (Wildman–Crippen LogP) is 4.49. The van der Waals surface area contributed by atoms with Gasteiger partial charge in [-0.1, -0.05) is 20.8 Å². The molecule has 190 valence electrons. The molecule has 2 aliphatic carbocycles. The van der Waals surface area contributed by atoms with Gasteiger partial charge >= 0.3 is 0 Å². The van der Waals surface area contributed by atoms with Crippen molar-refractivity contribution in [3.63, 3.8) is 0 Å². The number of hydrogen-bond donors (Lipinski definition) is 2. The summed E-state index contributed by atoms with van der Waals surface area (Å²) in [6.07, 6.45) is 2.24. The van der Waals surface area contributed by atoms with E-state index in [4.69, 9.17) is 4.98 Å². The number of halogens is 1. The Kier molecular flexibility index (Phi) is 6.66. The highest BCUT2D eigenvalue weighted by Gasteiger charge is 2.54. The van der Waals surface area contributed by atoms with Crippen LogP contribution in [0.3, 0.4) is 0 Å². The third kappa shape index (κ3) is 4.60. The summed E-state index contributed by atoms with van der Waals surface area (Å²) in [5.74, 6) is -0.111. The minimum atomic E-state index is -0.529. The number of benzene rings is 1. The topological polar surface area (TPSA) is 68.7 Å². The van der Waals surface area contributed by atoms with Gasteiger partial charge in [0.05, 0.1) is 11.8 Å². The highest BCUT2D eigenvalue weighted by molar-refractivity contribution is 7.15. The summed E-state index contributed by atoms with van der Waals surface area (Å²) in [4.78, 5) is 23.7. The Labute approximate surface area is 211 Å². The largest absolute Gasteiger partial charge is 0.392 e. The fraction of sp³-hybridized carbons (Fsp3) is 0.630. The molecule has 2 fully saturated rings. The second kappa shape index (κ2) is 9.45. The van der Waals surface area contributed by atoms with Gasteiger partial charge in [0, 0.05) is 48.6 Å². The van der Waals surface area contributed by atoms with Crippen LogP contribution in [0.15, 0.2) is 24.3 Å². The van der Waals surface area contributed by atoms with Crippen LogP contribution in [0.5, 0.6) is 0 Å². The number of nitrogens with zero attached hydrogens (tertiary/aromatic N) is 3. The summed E-state index contributed by atoms with van der Waals surface area (Å²) < 4.78 is 13.3. The van der Waals surface area contributed by atoms with Crippen molar-refractivity contribution in [3.05, 3.63) is 40.7 Å². The molecule has 0 unspecified atom stereocenters. The van der Waals surface area contributed by atoms with Crippen molar-refractivity contribution < 1.29 is 14.3 Å². The zero-order valence-corrected chi connectivity index (χ0v) is 21.9. The molecule has 3 aliphatic rings. The van der Waals surface area contributed by atoms with Crippen molar-refractivity contribution in [1.29, 1.82) is 0 Å². The molecule has 1 amide bonds. The first-order valence-corrected chi connectivity index (χ1v) is 13.7. The van der Waals surface area contributed by atoms with Crippen molar-refractivity contribution in [1.82, 2.24) is 14.8 Å². The lowest BCUT2D eigenvalue weighted by Gasteiger charge is -2.53. The Morgan fingerprint density at radius 1 is 1.26 bits per heavy atom. The first kappa shape index (κ1) is 24.7. The molecule has 1 aromatic carbocycles. The number of anilines is 2. The summed E-state index contributed by atoms with van der Waals surface area (Å²) >= 11 is 1.66. The smallest absolute Gasteiger partial charge is 0.225 e. The van der Waals surface area contributed by atoms with Gasteiger partial charge in [0.1, 0.15) is 5.82 Å². The average Bonchev–Trinajstić information content (AvgIpc) is 3.22. The Morgan fingerprint density at radius 2 is 1.94 bits per heavy atom. The van der Waals surface area contributed by atoms with Crippen LogP contribution in [0.4, 0.5) is 15.2 Å². The van der Waals surface area contributed by atoms with E-state index in [2.05, 4.69) is 31.1 Å². The van der Waals surface area contributed by atoms with Crippen molar-refractivity contribution in [2.75, 3.05) is 38.5 Å². The van der Waals surface area contributed by atoms with Crippen LogP contribution < -0.4 is 5.32 Å². The maximum atomic E-state index is 13.3. The van der Waals surface area contributed by atoms with Gasteiger partial charge in [-0.3, -0.25) is 4.79 Å². The van der Waals surface area contributed by atoms with Crippen molar-refractivity contribution in [2.24, 2.45) is 23.2 Å². The van der Waals surface area contributed by atoms with Crippen LogP contribution in [0.2, 0.25) is 0 Å². The van der Waals surface area contributed by atoms with Crippen LogP contribution in [-0.4, -0.2) is 65.1 Å². The summed E-state index contributed by atoms with van der Waals surface area (Å²) in [6, 6.07) is 6.31. The first-order valence-electron chi connectivity index (χ1n) is 12.8. The molecule has 35 heavy (non-hydrogen) atoms. The van der Waals surface area contributed by atoms with Gasteiger partial charge in [-0.25, -0.2) is 9.37 Å². The molecule has 5 rings (SSSR count). The minimum absolute atomic E-state index is 0.0153. The van der Waals surface area contributed by atoms with Gasteiger partial charge < -0.3 is 20.2 Å². The van der Waals surface area contributed by atoms with E-state index in [1.54, 1.807) is 23.5 Å². The van der Waals surface area contributed by atoms with Crippen LogP contribution in [0.25, 0.3) is 0 Å². The number of aliphatic hydroxyl groups excluding tert-OH is 1. The quantitative estimate of drug-likeness (QED) is 0.648. The second-order valence-electron chi connectivity index (χ2n) is 11.2. The Bertz CT molecular complexity index is 1070. The summed E-state index contributed by atoms with van der Waals surface area (Å²) in [6.45, 7) is 9.85. The highest BCUT2D eigenvalue weighted by Crippen LogP contribution is 2.57. The van der Waals surface area contributed by atoms with Gasteiger partial charge in [-0.15, -0.1) is 11.3 Å². The number of aliphatic hydroxyl groups is 1. The van der Waals surface area contributed by atoms with E-state index in [0.29, 0.717) is 0 Å². The Morgan fingerprint density at radius 3 is 2.63 bits per heavy atom. The number of fused-ring (bicyclic) bond motifs is 2. The fourth-order valence-corrected chi connectivity index (χ4v) is 8.04. The number of thiazole rings is 1. The van der Waals surface area contributed by atoms with E-state index < -0.39 is 6.10 Å². The summed E-state index contributed by atoms with van der Waals surface area (Å²) in [7, 11) is 2.09. The molecule has 2 aromatic rings. The number of rotatable bonds is 4. The van der Waals surface area contributed by atoms with Crippen molar-refractivity contribution in [3.8, 4) is 0 Å². The number of carbonyl (C=O) groups excluding carboxylic acids is 1. The molecule has 6 nitrogen and oxygen atoms in total. The lowest BCUT2D eigenvalue weighted by atomic mass is 9.53. The second-order valence-corrected chi connectivity index (χ2v) is 12.3. The molecule has 6 atom stereocenters. The normalized spacial score (nSPS) is 32.0. The van der Waals surface area contributed by atoms with Gasteiger partial charge in [0.2, 0.25) is 5.91 Å². The molecule has 1 saturated heterocycles.